The fraction of sp³-hybridized carbons (Fsp3) is 0.571. The minimum absolute atomic E-state index is 0.312. The maximum atomic E-state index is 11.1. The average molecular weight is 250 g/mol. The number of rotatable bonds is 6. The Balaban J connectivity index is 3.07. The van der Waals surface area contributed by atoms with Crippen LogP contribution in [-0.4, -0.2) is 29.1 Å². The molecule has 0 aliphatic heterocycles. The van der Waals surface area contributed by atoms with Crippen LogP contribution in [0.5, 0.6) is 0 Å². The molecule has 4 nitrogen and oxygen atoms in total. The fourth-order valence-corrected chi connectivity index (χ4v) is 1.89. The molecule has 18 heavy (non-hydrogen) atoms. The fourth-order valence-electron chi connectivity index (χ4n) is 1.89. The van der Waals surface area contributed by atoms with E-state index in [2.05, 4.69) is 23.7 Å². The van der Waals surface area contributed by atoms with Crippen molar-refractivity contribution < 1.29 is 9.90 Å². The summed E-state index contributed by atoms with van der Waals surface area (Å²) < 4.78 is 0. The van der Waals surface area contributed by atoms with E-state index >= 15 is 0 Å². The van der Waals surface area contributed by atoms with Crippen LogP contribution in [0.4, 0.5) is 5.82 Å². The summed E-state index contributed by atoms with van der Waals surface area (Å²) in [5.74, 6) is -0.155. The van der Waals surface area contributed by atoms with Gasteiger partial charge in [-0.25, -0.2) is 9.78 Å². The summed E-state index contributed by atoms with van der Waals surface area (Å²) in [5, 5.41) is 9.11. The lowest BCUT2D eigenvalue weighted by Gasteiger charge is -2.26. The highest BCUT2D eigenvalue weighted by atomic mass is 16.4. The number of carbonyl (C=O) groups is 1. The Labute approximate surface area is 109 Å². The van der Waals surface area contributed by atoms with Gasteiger partial charge < -0.3 is 10.0 Å². The normalized spacial score (nSPS) is 12.2. The molecular formula is C14H22N2O2. The van der Waals surface area contributed by atoms with E-state index in [4.69, 9.17) is 5.11 Å². The van der Waals surface area contributed by atoms with Crippen LogP contribution >= 0.6 is 0 Å². The van der Waals surface area contributed by atoms with Crippen molar-refractivity contribution in [2.75, 3.05) is 11.9 Å². The number of aromatic nitrogens is 1. The zero-order valence-corrected chi connectivity index (χ0v) is 11.6. The molecule has 1 N–H and O–H groups in total. The summed E-state index contributed by atoms with van der Waals surface area (Å²) in [6.45, 7) is 6.25. The van der Waals surface area contributed by atoms with Gasteiger partial charge in [-0.3, -0.25) is 0 Å². The predicted molar refractivity (Wildman–Crippen MR) is 73.3 cm³/mol. The lowest BCUT2D eigenvalue weighted by Crippen LogP contribution is -2.29. The second kappa shape index (κ2) is 6.38. The number of nitrogens with zero attached hydrogens (tertiary/aromatic N) is 2. The summed E-state index contributed by atoms with van der Waals surface area (Å²) in [6.07, 6.45) is 2.91. The van der Waals surface area contributed by atoms with Gasteiger partial charge in [0.2, 0.25) is 0 Å². The predicted octanol–water partition coefficient (Wildman–Crippen LogP) is 2.97. The molecule has 1 aromatic rings. The van der Waals surface area contributed by atoms with Crippen molar-refractivity contribution in [3.8, 4) is 0 Å². The van der Waals surface area contributed by atoms with Gasteiger partial charge in [-0.15, -0.1) is 0 Å². The molecule has 1 rings (SSSR count). The quantitative estimate of drug-likeness (QED) is 0.843. The third-order valence-electron chi connectivity index (χ3n) is 3.20. The lowest BCUT2D eigenvalue weighted by molar-refractivity contribution is 0.0696. The van der Waals surface area contributed by atoms with Gasteiger partial charge in [-0.2, -0.15) is 0 Å². The molecule has 0 saturated heterocycles. The lowest BCUT2D eigenvalue weighted by atomic mass is 10.1. The maximum Gasteiger partial charge on any atom is 0.335 e. The topological polar surface area (TPSA) is 53.4 Å². The first-order chi connectivity index (χ1) is 8.49. The van der Waals surface area contributed by atoms with E-state index in [-0.39, 0.29) is 0 Å². The molecule has 1 unspecified atom stereocenters. The smallest absolute Gasteiger partial charge is 0.335 e. The molecular weight excluding hydrogens is 228 g/mol. The van der Waals surface area contributed by atoms with Crippen molar-refractivity contribution in [3.63, 3.8) is 0 Å². The molecule has 0 amide bonds. The van der Waals surface area contributed by atoms with Crippen LogP contribution in [-0.2, 0) is 6.42 Å². The molecule has 0 spiro atoms. The van der Waals surface area contributed by atoms with Crippen molar-refractivity contribution in [1.82, 2.24) is 4.98 Å². The molecule has 0 bridgehead atoms. The van der Waals surface area contributed by atoms with Gasteiger partial charge in [0.05, 0.1) is 5.56 Å². The molecule has 1 atom stereocenters. The van der Waals surface area contributed by atoms with E-state index in [9.17, 15) is 4.79 Å². The molecule has 0 fully saturated rings. The zero-order chi connectivity index (χ0) is 13.7. The van der Waals surface area contributed by atoms with Crippen LogP contribution in [0.25, 0.3) is 0 Å². The van der Waals surface area contributed by atoms with E-state index in [1.807, 2.05) is 14.0 Å². The summed E-state index contributed by atoms with van der Waals surface area (Å²) in [4.78, 5) is 17.6. The van der Waals surface area contributed by atoms with Crippen molar-refractivity contribution >= 4 is 11.8 Å². The number of hydrogen-bond donors (Lipinski definition) is 1. The van der Waals surface area contributed by atoms with E-state index in [0.29, 0.717) is 11.6 Å². The molecule has 1 aromatic heterocycles. The van der Waals surface area contributed by atoms with Crippen molar-refractivity contribution in [2.45, 2.75) is 46.1 Å². The molecule has 0 aliphatic carbocycles. The number of anilines is 1. The molecule has 0 aliphatic rings. The molecule has 4 heteroatoms. The van der Waals surface area contributed by atoms with Crippen molar-refractivity contribution in [1.29, 1.82) is 0 Å². The number of carboxylic acids is 1. The average Bonchev–Trinajstić information content (AvgIpc) is 2.37. The highest BCUT2D eigenvalue weighted by Gasteiger charge is 2.14. The van der Waals surface area contributed by atoms with Crippen LogP contribution in [0, 0.1) is 0 Å². The van der Waals surface area contributed by atoms with Gasteiger partial charge in [0.15, 0.2) is 0 Å². The SMILES string of the molecule is CCCC(C)N(C)c1cc(C(=O)O)cc(CC)n1. The van der Waals surface area contributed by atoms with Gasteiger partial charge in [0.25, 0.3) is 0 Å². The monoisotopic (exact) mass is 250 g/mol. The van der Waals surface area contributed by atoms with Gasteiger partial charge >= 0.3 is 5.97 Å². The zero-order valence-electron chi connectivity index (χ0n) is 11.6. The first-order valence-electron chi connectivity index (χ1n) is 6.46. The van der Waals surface area contributed by atoms with Crippen LogP contribution in [0.1, 0.15) is 49.7 Å². The van der Waals surface area contributed by atoms with Gasteiger partial charge in [0.1, 0.15) is 5.82 Å². The Morgan fingerprint density at radius 1 is 1.44 bits per heavy atom. The summed E-state index contributed by atoms with van der Waals surface area (Å²) in [7, 11) is 1.97. The highest BCUT2D eigenvalue weighted by molar-refractivity contribution is 5.88. The minimum atomic E-state index is -0.898. The van der Waals surface area contributed by atoms with Crippen molar-refractivity contribution in [2.24, 2.45) is 0 Å². The Hall–Kier alpha value is -1.58. The standard InChI is InChI=1S/C14H22N2O2/c1-5-7-10(3)16(4)13-9-11(14(17)18)8-12(6-2)15-13/h8-10H,5-7H2,1-4H3,(H,17,18). The summed E-state index contributed by atoms with van der Waals surface area (Å²) >= 11 is 0. The van der Waals surface area contributed by atoms with Crippen molar-refractivity contribution in [3.05, 3.63) is 23.4 Å². The second-order valence-corrected chi connectivity index (χ2v) is 4.61. The van der Waals surface area contributed by atoms with Crippen LogP contribution in [0.3, 0.4) is 0 Å². The maximum absolute atomic E-state index is 11.1. The number of pyridine rings is 1. The molecule has 0 aromatic carbocycles. The number of hydrogen-bond acceptors (Lipinski definition) is 3. The highest BCUT2D eigenvalue weighted by Crippen LogP contribution is 2.18. The van der Waals surface area contributed by atoms with E-state index in [1.54, 1.807) is 12.1 Å². The van der Waals surface area contributed by atoms with E-state index in [1.165, 1.54) is 0 Å². The number of carboxylic acid groups (broad SMARTS) is 1. The Kier molecular flexibility index (Phi) is 5.13. The van der Waals surface area contributed by atoms with Crippen LogP contribution in [0.2, 0.25) is 0 Å². The first-order valence-corrected chi connectivity index (χ1v) is 6.46. The minimum Gasteiger partial charge on any atom is -0.478 e. The molecule has 0 radical (unpaired) electrons. The van der Waals surface area contributed by atoms with E-state index in [0.717, 1.165) is 30.8 Å². The van der Waals surface area contributed by atoms with E-state index < -0.39 is 5.97 Å². The Morgan fingerprint density at radius 3 is 2.61 bits per heavy atom. The van der Waals surface area contributed by atoms with Gasteiger partial charge in [-0.05, 0) is 31.9 Å². The molecule has 1 heterocycles. The Morgan fingerprint density at radius 2 is 2.11 bits per heavy atom. The third-order valence-corrected chi connectivity index (χ3v) is 3.20. The Bertz CT molecular complexity index is 418. The summed E-state index contributed by atoms with van der Waals surface area (Å²) in [6, 6.07) is 3.65. The van der Waals surface area contributed by atoms with Gasteiger partial charge in [-0.1, -0.05) is 20.3 Å². The van der Waals surface area contributed by atoms with Gasteiger partial charge in [0, 0.05) is 18.8 Å². The molecule has 0 saturated carbocycles. The first kappa shape index (κ1) is 14.5. The van der Waals surface area contributed by atoms with Crippen LogP contribution < -0.4 is 4.90 Å². The third kappa shape index (κ3) is 3.45. The largest absolute Gasteiger partial charge is 0.478 e. The van der Waals surface area contributed by atoms with Crippen LogP contribution in [0.15, 0.2) is 12.1 Å². The second-order valence-electron chi connectivity index (χ2n) is 4.61. The molecule has 100 valence electrons. The number of aromatic carboxylic acids is 1. The summed E-state index contributed by atoms with van der Waals surface area (Å²) in [5.41, 5.74) is 1.13. The number of aryl methyl sites for hydroxylation is 1.